The lowest BCUT2D eigenvalue weighted by Gasteiger charge is -2.24. The molecule has 0 fully saturated rings. The lowest BCUT2D eigenvalue weighted by atomic mass is 10.1. The second-order valence-corrected chi connectivity index (χ2v) is 8.56. The predicted molar refractivity (Wildman–Crippen MR) is 129 cm³/mol. The topological polar surface area (TPSA) is 46.5 Å². The van der Waals surface area contributed by atoms with Gasteiger partial charge in [0, 0.05) is 37.2 Å². The van der Waals surface area contributed by atoms with Crippen LogP contribution in [0, 0.1) is 0 Å². The Bertz CT molecular complexity index is 1190. The van der Waals surface area contributed by atoms with Crippen LogP contribution in [0.25, 0.3) is 21.5 Å². The van der Waals surface area contributed by atoms with E-state index in [9.17, 15) is 4.79 Å². The molecule has 0 bridgehead atoms. The zero-order valence-electron chi connectivity index (χ0n) is 17.5. The van der Waals surface area contributed by atoms with Gasteiger partial charge in [-0.2, -0.15) is 0 Å². The molecule has 0 aliphatic carbocycles. The van der Waals surface area contributed by atoms with E-state index in [-0.39, 0.29) is 6.03 Å². The summed E-state index contributed by atoms with van der Waals surface area (Å²) >= 11 is 7.95. The van der Waals surface area contributed by atoms with Gasteiger partial charge in [-0.3, -0.25) is 0 Å². The Kier molecular flexibility index (Phi) is 6.61. The number of nitrogens with one attached hydrogen (secondary N) is 1. The van der Waals surface area contributed by atoms with E-state index in [0.717, 1.165) is 22.2 Å². The van der Waals surface area contributed by atoms with Gasteiger partial charge in [-0.05, 0) is 29.6 Å². The summed E-state index contributed by atoms with van der Waals surface area (Å²) in [6, 6.07) is 19.5. The highest BCUT2D eigenvalue weighted by atomic mass is 35.5. The summed E-state index contributed by atoms with van der Waals surface area (Å²) in [4.78, 5) is 16.2. The van der Waals surface area contributed by atoms with Crippen LogP contribution in [0.1, 0.15) is 5.56 Å². The molecule has 0 unspecified atom stereocenters. The van der Waals surface area contributed by atoms with Crippen LogP contribution in [0.2, 0.25) is 5.02 Å². The third-order valence-electron chi connectivity index (χ3n) is 5.28. The fraction of sp³-hybridized carbons (Fsp3) is 0.208. The van der Waals surface area contributed by atoms with Crippen LogP contribution >= 0.6 is 22.9 Å². The van der Waals surface area contributed by atoms with Crippen molar-refractivity contribution in [2.75, 3.05) is 25.6 Å². The molecule has 5 nitrogen and oxygen atoms in total. The number of carbonyl (C=O) groups excluding carboxylic acids is 1. The molecular formula is C24H24ClN3O2S. The van der Waals surface area contributed by atoms with Crippen LogP contribution in [0.15, 0.2) is 66.0 Å². The van der Waals surface area contributed by atoms with E-state index in [1.54, 1.807) is 35.5 Å². The average Bonchev–Trinajstić information content (AvgIpc) is 3.39. The summed E-state index contributed by atoms with van der Waals surface area (Å²) in [5.74, 6) is 0. The van der Waals surface area contributed by atoms with Gasteiger partial charge in [-0.15, -0.1) is 11.3 Å². The van der Waals surface area contributed by atoms with Crippen LogP contribution in [0.5, 0.6) is 0 Å². The van der Waals surface area contributed by atoms with E-state index in [0.29, 0.717) is 30.4 Å². The molecule has 2 aromatic heterocycles. The zero-order valence-corrected chi connectivity index (χ0v) is 19.0. The standard InChI is InChI=1S/C24H24ClN3O2S/c1-27-21-11-6-3-8-17(21)18(23(27)22-12-7-15-31-22)16-28(13-14-30-2)24(29)26-20-10-5-4-9-19(20)25/h3-12,15H,13-14,16H2,1-2H3,(H,26,29). The number of halogens is 1. The molecule has 1 N–H and O–H groups in total. The maximum atomic E-state index is 13.2. The Balaban J connectivity index is 1.72. The predicted octanol–water partition coefficient (Wildman–Crippen LogP) is 6.24. The molecule has 0 aliphatic rings. The third-order valence-corrected chi connectivity index (χ3v) is 6.49. The van der Waals surface area contributed by atoms with Gasteiger partial charge in [-0.1, -0.05) is 48.0 Å². The maximum Gasteiger partial charge on any atom is 0.322 e. The molecule has 160 valence electrons. The van der Waals surface area contributed by atoms with Crippen molar-refractivity contribution in [3.05, 3.63) is 76.6 Å². The fourth-order valence-corrected chi connectivity index (χ4v) is 4.78. The number of para-hydroxylation sites is 2. The van der Waals surface area contributed by atoms with Crippen molar-refractivity contribution in [3.8, 4) is 10.6 Å². The van der Waals surface area contributed by atoms with Crippen LogP contribution in [-0.2, 0) is 18.3 Å². The Morgan fingerprint density at radius 3 is 2.65 bits per heavy atom. The second kappa shape index (κ2) is 9.56. The van der Waals surface area contributed by atoms with Gasteiger partial charge in [0.05, 0.1) is 34.4 Å². The number of rotatable bonds is 7. The molecule has 0 aliphatic heterocycles. The lowest BCUT2D eigenvalue weighted by molar-refractivity contribution is 0.153. The molecule has 0 radical (unpaired) electrons. The Morgan fingerprint density at radius 1 is 1.13 bits per heavy atom. The summed E-state index contributed by atoms with van der Waals surface area (Å²) in [7, 11) is 3.71. The lowest BCUT2D eigenvalue weighted by Crippen LogP contribution is -2.37. The number of aryl methyl sites for hydroxylation is 1. The molecule has 2 amide bonds. The number of thiophene rings is 1. The zero-order chi connectivity index (χ0) is 21.8. The first kappa shape index (κ1) is 21.4. The number of benzene rings is 2. The molecule has 7 heteroatoms. The maximum absolute atomic E-state index is 13.2. The summed E-state index contributed by atoms with van der Waals surface area (Å²) in [5.41, 5.74) is 3.97. The van der Waals surface area contributed by atoms with Crippen molar-refractivity contribution >= 4 is 45.6 Å². The SMILES string of the molecule is COCCN(Cc1c(-c2cccs2)n(C)c2ccccc12)C(=O)Nc1ccccc1Cl. The van der Waals surface area contributed by atoms with E-state index in [4.69, 9.17) is 16.3 Å². The third kappa shape index (κ3) is 4.46. The van der Waals surface area contributed by atoms with Crippen molar-refractivity contribution in [2.24, 2.45) is 7.05 Å². The number of hydrogen-bond donors (Lipinski definition) is 1. The van der Waals surface area contributed by atoms with Gasteiger partial charge in [0.1, 0.15) is 0 Å². The number of aromatic nitrogens is 1. The summed E-state index contributed by atoms with van der Waals surface area (Å²) < 4.78 is 7.48. The number of anilines is 1. The van der Waals surface area contributed by atoms with Gasteiger partial charge >= 0.3 is 6.03 Å². The number of ether oxygens (including phenoxy) is 1. The molecule has 0 spiro atoms. The minimum absolute atomic E-state index is 0.213. The minimum Gasteiger partial charge on any atom is -0.383 e. The fourth-order valence-electron chi connectivity index (χ4n) is 3.76. The van der Waals surface area contributed by atoms with E-state index in [1.807, 2.05) is 30.3 Å². The highest BCUT2D eigenvalue weighted by Gasteiger charge is 2.22. The first-order chi connectivity index (χ1) is 15.1. The van der Waals surface area contributed by atoms with Gasteiger partial charge in [0.15, 0.2) is 0 Å². The molecule has 0 saturated carbocycles. The summed E-state index contributed by atoms with van der Waals surface area (Å²) in [6.45, 7) is 1.35. The van der Waals surface area contributed by atoms with Crippen LogP contribution < -0.4 is 5.32 Å². The molecule has 4 aromatic rings. The molecule has 0 atom stereocenters. The van der Waals surface area contributed by atoms with E-state index < -0.39 is 0 Å². The quantitative estimate of drug-likeness (QED) is 0.360. The summed E-state index contributed by atoms with van der Waals surface area (Å²) in [6.07, 6.45) is 0. The van der Waals surface area contributed by atoms with Crippen molar-refractivity contribution in [3.63, 3.8) is 0 Å². The Hall–Kier alpha value is -2.80. The molecule has 0 saturated heterocycles. The molecule has 2 heterocycles. The average molecular weight is 454 g/mol. The summed E-state index contributed by atoms with van der Waals surface area (Å²) in [5, 5.41) is 6.66. The highest BCUT2D eigenvalue weighted by Crippen LogP contribution is 2.36. The van der Waals surface area contributed by atoms with Crippen molar-refractivity contribution in [2.45, 2.75) is 6.54 Å². The van der Waals surface area contributed by atoms with Gasteiger partial charge in [0.2, 0.25) is 0 Å². The number of fused-ring (bicyclic) bond motifs is 1. The van der Waals surface area contributed by atoms with Gasteiger partial charge in [0.25, 0.3) is 0 Å². The molecule has 2 aromatic carbocycles. The van der Waals surface area contributed by atoms with Crippen LogP contribution in [0.4, 0.5) is 10.5 Å². The van der Waals surface area contributed by atoms with E-state index >= 15 is 0 Å². The number of carbonyl (C=O) groups is 1. The van der Waals surface area contributed by atoms with Gasteiger partial charge in [-0.25, -0.2) is 4.79 Å². The van der Waals surface area contributed by atoms with Crippen LogP contribution in [-0.4, -0.2) is 35.8 Å². The normalized spacial score (nSPS) is 11.1. The minimum atomic E-state index is -0.213. The molecule has 4 rings (SSSR count). The van der Waals surface area contributed by atoms with E-state index in [1.165, 1.54) is 4.88 Å². The Labute approximate surface area is 190 Å². The first-order valence-corrected chi connectivity index (χ1v) is 11.3. The molecule has 31 heavy (non-hydrogen) atoms. The number of nitrogens with zero attached hydrogens (tertiary/aromatic N) is 2. The van der Waals surface area contributed by atoms with Crippen molar-refractivity contribution in [1.29, 1.82) is 0 Å². The largest absolute Gasteiger partial charge is 0.383 e. The number of methoxy groups -OCH3 is 1. The molecular weight excluding hydrogens is 430 g/mol. The Morgan fingerprint density at radius 2 is 1.90 bits per heavy atom. The monoisotopic (exact) mass is 453 g/mol. The van der Waals surface area contributed by atoms with Crippen molar-refractivity contribution in [1.82, 2.24) is 9.47 Å². The number of urea groups is 1. The van der Waals surface area contributed by atoms with Gasteiger partial charge < -0.3 is 19.5 Å². The second-order valence-electron chi connectivity index (χ2n) is 7.20. The van der Waals surface area contributed by atoms with Crippen LogP contribution in [0.3, 0.4) is 0 Å². The smallest absolute Gasteiger partial charge is 0.322 e. The van der Waals surface area contributed by atoms with E-state index in [2.05, 4.69) is 40.5 Å². The number of hydrogen-bond acceptors (Lipinski definition) is 3. The first-order valence-electron chi connectivity index (χ1n) is 9.99. The number of amides is 2. The highest BCUT2D eigenvalue weighted by molar-refractivity contribution is 7.13. The van der Waals surface area contributed by atoms with Crippen molar-refractivity contribution < 1.29 is 9.53 Å².